The van der Waals surface area contributed by atoms with Gasteiger partial charge in [0, 0.05) is 6.42 Å². The molecule has 0 heterocycles. The molecule has 0 unspecified atom stereocenters. The van der Waals surface area contributed by atoms with E-state index in [0.29, 0.717) is 12.8 Å². The fourth-order valence-electron chi connectivity index (χ4n) is 1.47. The van der Waals surface area contributed by atoms with Crippen LogP contribution in [0.15, 0.2) is 23.5 Å². The third kappa shape index (κ3) is 4.06. The van der Waals surface area contributed by atoms with Crippen LogP contribution in [0.25, 0.3) is 0 Å². The zero-order valence-electron chi connectivity index (χ0n) is 8.97. The Kier molecular flexibility index (Phi) is 4.12. The molecule has 0 aromatic carbocycles. The molecule has 0 radical (unpaired) electrons. The van der Waals surface area contributed by atoms with Gasteiger partial charge in [-0.2, -0.15) is 0 Å². The summed E-state index contributed by atoms with van der Waals surface area (Å²) in [5, 5.41) is 8.43. The van der Waals surface area contributed by atoms with Gasteiger partial charge in [-0.15, -0.1) is 0 Å². The third-order valence-electron chi connectivity index (χ3n) is 2.21. The molecular formula is C10H14O5S. The number of ether oxygens (including phenoxy) is 1. The highest BCUT2D eigenvalue weighted by Crippen LogP contribution is 2.19. The maximum atomic E-state index is 11.4. The smallest absolute Gasteiger partial charge is 0.318 e. The highest BCUT2D eigenvalue weighted by atomic mass is 32.2. The number of carbonyl (C=O) groups is 1. The summed E-state index contributed by atoms with van der Waals surface area (Å²) in [7, 11) is -1.98. The van der Waals surface area contributed by atoms with Crippen molar-refractivity contribution >= 4 is 15.8 Å². The Balaban J connectivity index is 2.66. The number of hydrogen-bond acceptors (Lipinski definition) is 4. The number of aliphatic carboxylic acids is 1. The van der Waals surface area contributed by atoms with E-state index in [4.69, 9.17) is 9.84 Å². The molecule has 1 N–H and O–H groups in total. The quantitative estimate of drug-likeness (QED) is 0.773. The van der Waals surface area contributed by atoms with Crippen molar-refractivity contribution in [2.75, 3.05) is 18.6 Å². The van der Waals surface area contributed by atoms with Crippen molar-refractivity contribution in [1.82, 2.24) is 0 Å². The number of carboxylic acids is 1. The molecule has 5 nitrogen and oxygen atoms in total. The zero-order chi connectivity index (χ0) is 12.2. The molecule has 90 valence electrons. The van der Waals surface area contributed by atoms with Gasteiger partial charge in [-0.25, -0.2) is 8.42 Å². The van der Waals surface area contributed by atoms with Crippen LogP contribution in [0.3, 0.4) is 0 Å². The molecule has 0 atom stereocenters. The summed E-state index contributed by atoms with van der Waals surface area (Å²) < 4.78 is 27.8. The average molecular weight is 246 g/mol. The monoisotopic (exact) mass is 246 g/mol. The summed E-state index contributed by atoms with van der Waals surface area (Å²) in [5.41, 5.74) is 0.724. The summed E-state index contributed by atoms with van der Waals surface area (Å²) in [5.74, 6) is -1.51. The average Bonchev–Trinajstić information content (AvgIpc) is 2.16. The maximum absolute atomic E-state index is 11.4. The van der Waals surface area contributed by atoms with Crippen LogP contribution >= 0.6 is 0 Å². The van der Waals surface area contributed by atoms with E-state index in [1.807, 2.05) is 0 Å². The van der Waals surface area contributed by atoms with E-state index in [1.54, 1.807) is 19.3 Å². The van der Waals surface area contributed by atoms with Crippen LogP contribution in [-0.4, -0.2) is 38.1 Å². The van der Waals surface area contributed by atoms with E-state index < -0.39 is 21.6 Å². The molecule has 0 bridgehead atoms. The Labute approximate surface area is 94.3 Å². The lowest BCUT2D eigenvalue weighted by Crippen LogP contribution is -2.19. The molecular weight excluding hydrogens is 232 g/mol. The maximum Gasteiger partial charge on any atom is 0.318 e. The number of rotatable bonds is 5. The van der Waals surface area contributed by atoms with Crippen LogP contribution in [0, 0.1) is 0 Å². The van der Waals surface area contributed by atoms with Gasteiger partial charge in [0.2, 0.25) is 0 Å². The van der Waals surface area contributed by atoms with E-state index in [9.17, 15) is 13.2 Å². The molecule has 0 aliphatic heterocycles. The van der Waals surface area contributed by atoms with Gasteiger partial charge in [-0.3, -0.25) is 4.79 Å². The van der Waals surface area contributed by atoms with Gasteiger partial charge in [-0.1, -0.05) is 11.6 Å². The highest BCUT2D eigenvalue weighted by Gasteiger charge is 2.19. The first-order valence-corrected chi connectivity index (χ1v) is 6.60. The second-order valence-corrected chi connectivity index (χ2v) is 5.65. The standard InChI is InChI=1S/C10H14O5S/c1-15-9-4-2-8(3-5-9)6-16(13,14)7-10(11)12/h2,4H,3,5-7H2,1H3,(H,11,12). The Hall–Kier alpha value is -1.30. The first-order valence-electron chi connectivity index (χ1n) is 4.78. The minimum atomic E-state index is -3.54. The van der Waals surface area contributed by atoms with Gasteiger partial charge in [0.15, 0.2) is 9.84 Å². The van der Waals surface area contributed by atoms with E-state index in [1.165, 1.54) is 0 Å². The number of hydrogen-bond donors (Lipinski definition) is 1. The number of allylic oxidation sites excluding steroid dienone is 3. The van der Waals surface area contributed by atoms with Crippen molar-refractivity contribution in [3.05, 3.63) is 23.5 Å². The topological polar surface area (TPSA) is 80.7 Å². The first kappa shape index (κ1) is 12.8. The fraction of sp³-hybridized carbons (Fsp3) is 0.500. The van der Waals surface area contributed by atoms with Crippen molar-refractivity contribution in [3.63, 3.8) is 0 Å². The summed E-state index contributed by atoms with van der Waals surface area (Å²) in [6.07, 6.45) is 4.65. The predicted octanol–water partition coefficient (Wildman–Crippen LogP) is 0.736. The molecule has 1 rings (SSSR count). The molecule has 0 amide bonds. The third-order valence-corrected chi connectivity index (χ3v) is 3.71. The molecule has 1 aliphatic carbocycles. The predicted molar refractivity (Wildman–Crippen MR) is 58.7 cm³/mol. The molecule has 0 spiro atoms. The zero-order valence-corrected chi connectivity index (χ0v) is 9.79. The lowest BCUT2D eigenvalue weighted by atomic mass is 10.1. The lowest BCUT2D eigenvalue weighted by Gasteiger charge is -2.13. The van der Waals surface area contributed by atoms with Gasteiger partial charge in [-0.05, 0) is 12.5 Å². The fourth-order valence-corrected chi connectivity index (χ4v) is 2.76. The van der Waals surface area contributed by atoms with Crippen LogP contribution in [0.2, 0.25) is 0 Å². The van der Waals surface area contributed by atoms with Crippen molar-refractivity contribution in [2.45, 2.75) is 12.8 Å². The van der Waals surface area contributed by atoms with Gasteiger partial charge < -0.3 is 9.84 Å². The Bertz CT molecular complexity index is 430. The van der Waals surface area contributed by atoms with E-state index in [-0.39, 0.29) is 5.75 Å². The Morgan fingerprint density at radius 3 is 2.56 bits per heavy atom. The van der Waals surface area contributed by atoms with Crippen LogP contribution in [-0.2, 0) is 19.4 Å². The highest BCUT2D eigenvalue weighted by molar-refractivity contribution is 7.92. The van der Waals surface area contributed by atoms with E-state index in [2.05, 4.69) is 0 Å². The van der Waals surface area contributed by atoms with Gasteiger partial charge in [0.05, 0.1) is 18.6 Å². The normalized spacial score (nSPS) is 16.3. The van der Waals surface area contributed by atoms with Crippen molar-refractivity contribution in [3.8, 4) is 0 Å². The van der Waals surface area contributed by atoms with Gasteiger partial charge >= 0.3 is 5.97 Å². The molecule has 0 saturated heterocycles. The molecule has 0 saturated carbocycles. The number of methoxy groups -OCH3 is 1. The van der Waals surface area contributed by atoms with Crippen LogP contribution in [0.5, 0.6) is 0 Å². The second-order valence-electron chi connectivity index (χ2n) is 3.59. The molecule has 16 heavy (non-hydrogen) atoms. The van der Waals surface area contributed by atoms with E-state index >= 15 is 0 Å². The number of carboxylic acid groups (broad SMARTS) is 1. The van der Waals surface area contributed by atoms with E-state index in [0.717, 1.165) is 11.3 Å². The lowest BCUT2D eigenvalue weighted by molar-refractivity contribution is -0.134. The van der Waals surface area contributed by atoms with Crippen LogP contribution in [0.4, 0.5) is 0 Å². The molecule has 6 heteroatoms. The molecule has 1 aliphatic rings. The Morgan fingerprint density at radius 1 is 1.44 bits per heavy atom. The molecule has 0 fully saturated rings. The van der Waals surface area contributed by atoms with Gasteiger partial charge in [0.25, 0.3) is 0 Å². The number of sulfone groups is 1. The van der Waals surface area contributed by atoms with Crippen LogP contribution in [0.1, 0.15) is 12.8 Å². The van der Waals surface area contributed by atoms with Crippen molar-refractivity contribution in [2.24, 2.45) is 0 Å². The Morgan fingerprint density at radius 2 is 2.12 bits per heavy atom. The van der Waals surface area contributed by atoms with Crippen molar-refractivity contribution < 1.29 is 23.1 Å². The summed E-state index contributed by atoms with van der Waals surface area (Å²) in [4.78, 5) is 10.3. The minimum absolute atomic E-state index is 0.188. The minimum Gasteiger partial charge on any atom is -0.501 e. The largest absolute Gasteiger partial charge is 0.501 e. The first-order chi connectivity index (χ1) is 7.43. The van der Waals surface area contributed by atoms with Crippen LogP contribution < -0.4 is 0 Å². The summed E-state index contributed by atoms with van der Waals surface area (Å²) >= 11 is 0. The molecule has 0 aromatic heterocycles. The molecule has 0 aromatic rings. The summed E-state index contributed by atoms with van der Waals surface area (Å²) in [6.45, 7) is 0. The SMILES string of the molecule is COC1=CC=C(CS(=O)(=O)CC(=O)O)CC1. The summed E-state index contributed by atoms with van der Waals surface area (Å²) in [6, 6.07) is 0. The van der Waals surface area contributed by atoms with Gasteiger partial charge in [0.1, 0.15) is 5.75 Å². The van der Waals surface area contributed by atoms with Crippen molar-refractivity contribution in [1.29, 1.82) is 0 Å². The second kappa shape index (κ2) is 5.16.